The van der Waals surface area contributed by atoms with Crippen LogP contribution >= 0.6 is 0 Å². The van der Waals surface area contributed by atoms with Gasteiger partial charge in [0, 0.05) is 24.1 Å². The molecular formula is C38H30O6. The Balaban J connectivity index is 1.35. The van der Waals surface area contributed by atoms with Crippen LogP contribution in [0.1, 0.15) is 22.3 Å². The molecule has 0 radical (unpaired) electrons. The summed E-state index contributed by atoms with van der Waals surface area (Å²) in [6.07, 6.45) is 0.788. The molecule has 44 heavy (non-hydrogen) atoms. The van der Waals surface area contributed by atoms with Crippen molar-refractivity contribution in [2.24, 2.45) is 0 Å². The molecule has 1 aliphatic rings. The van der Waals surface area contributed by atoms with Crippen LogP contribution in [0.3, 0.4) is 0 Å². The monoisotopic (exact) mass is 582 g/mol. The van der Waals surface area contributed by atoms with E-state index in [2.05, 4.69) is 0 Å². The largest absolute Gasteiger partial charge is 0.493 e. The minimum Gasteiger partial charge on any atom is -0.493 e. The molecule has 0 unspecified atom stereocenters. The highest BCUT2D eigenvalue weighted by atomic mass is 16.5. The van der Waals surface area contributed by atoms with Gasteiger partial charge in [0.2, 0.25) is 11.2 Å². The van der Waals surface area contributed by atoms with Gasteiger partial charge in [-0.15, -0.1) is 0 Å². The molecule has 0 atom stereocenters. The van der Waals surface area contributed by atoms with Gasteiger partial charge in [0.15, 0.2) is 5.76 Å². The van der Waals surface area contributed by atoms with Crippen LogP contribution in [0.5, 0.6) is 23.0 Å². The van der Waals surface area contributed by atoms with Crippen molar-refractivity contribution in [3.05, 3.63) is 154 Å². The van der Waals surface area contributed by atoms with Gasteiger partial charge in [-0.1, -0.05) is 91.0 Å². The molecule has 0 saturated carbocycles. The lowest BCUT2D eigenvalue weighted by molar-refractivity contribution is 0.288. The molecule has 0 fully saturated rings. The minimum atomic E-state index is -0.313. The fourth-order valence-corrected chi connectivity index (χ4v) is 5.30. The summed E-state index contributed by atoms with van der Waals surface area (Å²) in [5, 5.41) is 0.296. The molecule has 0 N–H and O–H groups in total. The molecule has 7 rings (SSSR count). The van der Waals surface area contributed by atoms with Gasteiger partial charge in [-0.05, 0) is 40.5 Å². The fourth-order valence-electron chi connectivity index (χ4n) is 5.30. The van der Waals surface area contributed by atoms with Crippen LogP contribution < -0.4 is 24.4 Å². The third-order valence-corrected chi connectivity index (χ3v) is 7.55. The van der Waals surface area contributed by atoms with Crippen molar-refractivity contribution in [2.75, 3.05) is 6.61 Å². The molecule has 0 bridgehead atoms. The van der Waals surface area contributed by atoms with E-state index in [-0.39, 0.29) is 24.4 Å². The van der Waals surface area contributed by atoms with Gasteiger partial charge in [0.05, 0.1) is 6.61 Å². The van der Waals surface area contributed by atoms with Crippen molar-refractivity contribution in [3.63, 3.8) is 0 Å². The highest BCUT2D eigenvalue weighted by Crippen LogP contribution is 2.39. The summed E-state index contributed by atoms with van der Waals surface area (Å²) in [5.74, 6) is 2.21. The lowest BCUT2D eigenvalue weighted by Crippen LogP contribution is -2.12. The second kappa shape index (κ2) is 12.4. The molecule has 0 amide bonds. The van der Waals surface area contributed by atoms with Gasteiger partial charge in [0.25, 0.3) is 0 Å². The average molecular weight is 583 g/mol. The lowest BCUT2D eigenvalue weighted by Gasteiger charge is -2.16. The molecule has 5 aromatic carbocycles. The normalized spacial score (nSPS) is 12.0. The predicted octanol–water partition coefficient (Wildman–Crippen LogP) is 8.13. The van der Waals surface area contributed by atoms with Crippen LogP contribution in [0.2, 0.25) is 0 Å². The Kier molecular flexibility index (Phi) is 7.71. The van der Waals surface area contributed by atoms with Crippen molar-refractivity contribution in [3.8, 4) is 34.3 Å². The predicted molar refractivity (Wildman–Crippen MR) is 169 cm³/mol. The smallest absolute Gasteiger partial charge is 0.239 e. The number of fused-ring (bicyclic) bond motifs is 2. The number of benzene rings is 5. The third-order valence-electron chi connectivity index (χ3n) is 7.55. The maximum absolute atomic E-state index is 14.4. The first-order valence-corrected chi connectivity index (χ1v) is 14.6. The molecule has 218 valence electrons. The Hall–Kier alpha value is -5.49. The topological polar surface area (TPSA) is 67.1 Å². The van der Waals surface area contributed by atoms with Gasteiger partial charge < -0.3 is 23.4 Å². The van der Waals surface area contributed by atoms with Gasteiger partial charge in [-0.3, -0.25) is 4.79 Å². The van der Waals surface area contributed by atoms with E-state index in [1.54, 1.807) is 12.1 Å². The van der Waals surface area contributed by atoms with Crippen molar-refractivity contribution in [2.45, 2.75) is 26.2 Å². The molecule has 1 aromatic heterocycles. The maximum Gasteiger partial charge on any atom is 0.239 e. The van der Waals surface area contributed by atoms with Crippen LogP contribution in [0.4, 0.5) is 0 Å². The number of hydrogen-bond acceptors (Lipinski definition) is 6. The average Bonchev–Trinajstić information content (AvgIpc) is 3.55. The van der Waals surface area contributed by atoms with Crippen LogP contribution in [0, 0.1) is 0 Å². The SMILES string of the molecule is O=c1c(OCc2ccccc2)c(-c2ccc3c(c2)CCO3)oc2cc(OCc3ccccc3)cc(OCc3ccccc3)c12. The van der Waals surface area contributed by atoms with E-state index in [9.17, 15) is 4.79 Å². The second-order valence-corrected chi connectivity index (χ2v) is 10.6. The van der Waals surface area contributed by atoms with Gasteiger partial charge >= 0.3 is 0 Å². The Labute approximate surface area is 255 Å². The molecule has 6 aromatic rings. The first-order valence-electron chi connectivity index (χ1n) is 14.6. The van der Waals surface area contributed by atoms with Crippen molar-refractivity contribution < 1.29 is 23.4 Å². The Bertz CT molecular complexity index is 1950. The van der Waals surface area contributed by atoms with E-state index in [1.165, 1.54) is 0 Å². The first kappa shape index (κ1) is 27.3. The van der Waals surface area contributed by atoms with Gasteiger partial charge in [-0.25, -0.2) is 0 Å². The Morgan fingerprint density at radius 2 is 1.25 bits per heavy atom. The zero-order valence-corrected chi connectivity index (χ0v) is 24.0. The summed E-state index contributed by atoms with van der Waals surface area (Å²) in [6.45, 7) is 1.45. The zero-order chi connectivity index (χ0) is 29.7. The standard InChI is InChI=1S/C38H30O6/c39-36-35-33(42-24-27-12-6-2-7-13-27)21-31(41-23-26-10-4-1-5-11-26)22-34(35)44-37(30-16-17-32-29(20-30)18-19-40-32)38(36)43-25-28-14-8-3-9-15-28/h1-17,20-22H,18-19,23-25H2. The molecule has 1 aliphatic heterocycles. The molecule has 6 heteroatoms. The molecule has 6 nitrogen and oxygen atoms in total. The number of hydrogen-bond donors (Lipinski definition) is 0. The fraction of sp³-hybridized carbons (Fsp3) is 0.132. The molecule has 0 saturated heterocycles. The first-order chi connectivity index (χ1) is 21.7. The van der Waals surface area contributed by atoms with Crippen LogP contribution in [-0.4, -0.2) is 6.61 Å². The third kappa shape index (κ3) is 5.88. The summed E-state index contributed by atoms with van der Waals surface area (Å²) in [6, 6.07) is 38.8. The molecular weight excluding hydrogens is 552 g/mol. The van der Waals surface area contributed by atoms with Crippen molar-refractivity contribution >= 4 is 11.0 Å². The Morgan fingerprint density at radius 1 is 0.636 bits per heavy atom. The quantitative estimate of drug-likeness (QED) is 0.162. The molecule has 2 heterocycles. The molecule has 0 aliphatic carbocycles. The van der Waals surface area contributed by atoms with E-state index < -0.39 is 0 Å². The van der Waals surface area contributed by atoms with Crippen molar-refractivity contribution in [1.29, 1.82) is 0 Å². The van der Waals surface area contributed by atoms with Gasteiger partial charge in [-0.2, -0.15) is 0 Å². The number of ether oxygens (including phenoxy) is 4. The summed E-state index contributed by atoms with van der Waals surface area (Å²) < 4.78 is 31.0. The minimum absolute atomic E-state index is 0.128. The number of rotatable bonds is 10. The van der Waals surface area contributed by atoms with Crippen molar-refractivity contribution in [1.82, 2.24) is 0 Å². The second-order valence-electron chi connectivity index (χ2n) is 10.6. The van der Waals surface area contributed by atoms with E-state index in [1.807, 2.05) is 109 Å². The van der Waals surface area contributed by atoms with Crippen LogP contribution in [0.25, 0.3) is 22.3 Å². The lowest BCUT2D eigenvalue weighted by atomic mass is 10.0. The highest BCUT2D eigenvalue weighted by Gasteiger charge is 2.24. The highest BCUT2D eigenvalue weighted by molar-refractivity contribution is 5.88. The van der Waals surface area contributed by atoms with Gasteiger partial charge in [0.1, 0.15) is 48.0 Å². The zero-order valence-electron chi connectivity index (χ0n) is 24.0. The Morgan fingerprint density at radius 3 is 1.91 bits per heavy atom. The van der Waals surface area contributed by atoms with Crippen LogP contribution in [0.15, 0.2) is 131 Å². The summed E-state index contributed by atoms with van der Waals surface area (Å²) in [4.78, 5) is 14.4. The maximum atomic E-state index is 14.4. The summed E-state index contributed by atoms with van der Waals surface area (Å²) in [7, 11) is 0. The summed E-state index contributed by atoms with van der Waals surface area (Å²) in [5.41, 5.74) is 4.76. The van der Waals surface area contributed by atoms with E-state index in [0.29, 0.717) is 41.4 Å². The summed E-state index contributed by atoms with van der Waals surface area (Å²) >= 11 is 0. The van der Waals surface area contributed by atoms with Crippen LogP contribution in [-0.2, 0) is 26.2 Å². The van der Waals surface area contributed by atoms with E-state index in [0.717, 1.165) is 40.0 Å². The van der Waals surface area contributed by atoms with E-state index >= 15 is 0 Å². The molecule has 0 spiro atoms. The van der Waals surface area contributed by atoms with E-state index in [4.69, 9.17) is 23.4 Å².